The van der Waals surface area contributed by atoms with Crippen molar-refractivity contribution in [1.29, 1.82) is 0 Å². The van der Waals surface area contributed by atoms with Crippen LogP contribution in [0.25, 0.3) is 6.08 Å². The first kappa shape index (κ1) is 33.6. The molecule has 2 aliphatic heterocycles. The minimum atomic E-state index is -0.788. The number of allylic oxidation sites excluding steroid dienone is 1. The van der Waals surface area contributed by atoms with Gasteiger partial charge in [-0.15, -0.1) is 0 Å². The van der Waals surface area contributed by atoms with E-state index in [2.05, 4.69) is 22.6 Å². The van der Waals surface area contributed by atoms with E-state index >= 15 is 0 Å². The summed E-state index contributed by atoms with van der Waals surface area (Å²) in [4.78, 5) is 32.8. The van der Waals surface area contributed by atoms with Gasteiger partial charge in [0, 0.05) is 5.56 Å². The Morgan fingerprint density at radius 2 is 1.85 bits per heavy atom. The van der Waals surface area contributed by atoms with Crippen molar-refractivity contribution in [2.75, 3.05) is 20.0 Å². The van der Waals surface area contributed by atoms with E-state index in [0.717, 1.165) is 14.7 Å². The number of nitrogens with zero attached hydrogens (tertiary/aromatic N) is 2. The number of hydrogen-bond acceptors (Lipinski definition) is 10. The van der Waals surface area contributed by atoms with Crippen LogP contribution in [-0.4, -0.2) is 36.6 Å². The molecule has 10 nitrogen and oxygen atoms in total. The van der Waals surface area contributed by atoms with E-state index in [4.69, 9.17) is 33.4 Å². The molecule has 2 aliphatic rings. The van der Waals surface area contributed by atoms with E-state index < -0.39 is 12.0 Å². The van der Waals surface area contributed by atoms with Crippen LogP contribution < -0.4 is 38.6 Å². The molecule has 0 N–H and O–H groups in total. The zero-order valence-corrected chi connectivity index (χ0v) is 30.2. The minimum absolute atomic E-state index is 0.121. The Balaban J connectivity index is 1.41. The third kappa shape index (κ3) is 6.81. The number of para-hydroxylation sites is 1. The van der Waals surface area contributed by atoms with E-state index in [0.29, 0.717) is 68.1 Å². The summed E-state index contributed by atoms with van der Waals surface area (Å²) >= 11 is 3.47. The molecular formula is C36H35IN2O8S. The second kappa shape index (κ2) is 14.4. The van der Waals surface area contributed by atoms with Gasteiger partial charge in [0.2, 0.25) is 6.79 Å². The molecule has 0 spiro atoms. The number of halogens is 1. The molecule has 48 heavy (non-hydrogen) atoms. The third-order valence-electron chi connectivity index (χ3n) is 7.54. The number of esters is 1. The molecule has 1 atom stereocenters. The SMILES string of the molecule is CCOC(=O)C1=C(C)N=c2s/c(=C/c3cc(I)c(OCc4ccc5c(c4)OCO5)c(OCC)c3)c(=O)n2[C@@H]1c1ccccc1OC(C)C. The lowest BCUT2D eigenvalue weighted by atomic mass is 9.95. The first-order valence-corrected chi connectivity index (χ1v) is 17.5. The zero-order valence-electron chi connectivity index (χ0n) is 27.2. The lowest BCUT2D eigenvalue weighted by Crippen LogP contribution is -2.40. The Hall–Kier alpha value is -4.30. The molecule has 0 saturated heterocycles. The van der Waals surface area contributed by atoms with Crippen molar-refractivity contribution < 1.29 is 33.2 Å². The monoisotopic (exact) mass is 782 g/mol. The smallest absolute Gasteiger partial charge is 0.338 e. The summed E-state index contributed by atoms with van der Waals surface area (Å²) in [6, 6.07) is 16.2. The van der Waals surface area contributed by atoms with Crippen LogP contribution in [0, 0.1) is 3.57 Å². The summed E-state index contributed by atoms with van der Waals surface area (Å²) in [6.45, 7) is 10.4. The molecular weight excluding hydrogens is 747 g/mol. The fourth-order valence-electron chi connectivity index (χ4n) is 5.57. The van der Waals surface area contributed by atoms with Gasteiger partial charge in [-0.3, -0.25) is 9.36 Å². The van der Waals surface area contributed by atoms with Gasteiger partial charge >= 0.3 is 5.97 Å². The topological polar surface area (TPSA) is 107 Å². The maximum Gasteiger partial charge on any atom is 0.338 e. The van der Waals surface area contributed by atoms with Crippen LogP contribution in [0.2, 0.25) is 0 Å². The van der Waals surface area contributed by atoms with Gasteiger partial charge in [0.25, 0.3) is 5.56 Å². The summed E-state index contributed by atoms with van der Waals surface area (Å²) in [5, 5.41) is 0. The summed E-state index contributed by atoms with van der Waals surface area (Å²) in [5.74, 6) is 2.62. The largest absolute Gasteiger partial charge is 0.491 e. The van der Waals surface area contributed by atoms with Crippen LogP contribution in [0.4, 0.5) is 0 Å². The second-order valence-corrected chi connectivity index (χ2v) is 13.4. The molecule has 4 aromatic rings. The maximum atomic E-state index is 14.3. The molecule has 1 aromatic heterocycles. The Bertz CT molecular complexity index is 2080. The Labute approximate surface area is 295 Å². The van der Waals surface area contributed by atoms with Crippen molar-refractivity contribution in [2.45, 2.75) is 53.4 Å². The van der Waals surface area contributed by atoms with Gasteiger partial charge in [-0.2, -0.15) is 0 Å². The normalized spacial score (nSPS) is 15.3. The predicted octanol–water partition coefficient (Wildman–Crippen LogP) is 5.90. The second-order valence-electron chi connectivity index (χ2n) is 11.2. The van der Waals surface area contributed by atoms with Gasteiger partial charge < -0.3 is 28.4 Å². The quantitative estimate of drug-likeness (QED) is 0.137. The highest BCUT2D eigenvalue weighted by Gasteiger charge is 2.35. The number of benzene rings is 3. The highest BCUT2D eigenvalue weighted by molar-refractivity contribution is 14.1. The predicted molar refractivity (Wildman–Crippen MR) is 190 cm³/mol. The maximum absolute atomic E-state index is 14.3. The Morgan fingerprint density at radius 3 is 2.62 bits per heavy atom. The van der Waals surface area contributed by atoms with E-state index in [1.165, 1.54) is 11.3 Å². The van der Waals surface area contributed by atoms with E-state index in [9.17, 15) is 9.59 Å². The number of aromatic nitrogens is 1. The molecule has 12 heteroatoms. The number of rotatable bonds is 11. The molecule has 0 unspecified atom stereocenters. The Morgan fingerprint density at radius 1 is 1.06 bits per heavy atom. The molecule has 0 radical (unpaired) electrons. The van der Waals surface area contributed by atoms with Crippen molar-refractivity contribution in [1.82, 2.24) is 4.57 Å². The highest BCUT2D eigenvalue weighted by atomic mass is 127. The van der Waals surface area contributed by atoms with Crippen molar-refractivity contribution in [2.24, 2.45) is 4.99 Å². The highest BCUT2D eigenvalue weighted by Crippen LogP contribution is 2.38. The van der Waals surface area contributed by atoms with Gasteiger partial charge in [-0.25, -0.2) is 9.79 Å². The molecule has 3 aromatic carbocycles. The standard InChI is InChI=1S/C36H35IN2O8S/c1-6-42-29-16-23(14-25(37)33(29)44-18-22-12-13-27-28(15-22)46-19-45-27)17-30-34(40)39-32(24-10-8-9-11-26(24)47-20(3)4)31(35(41)43-7-2)21(5)38-36(39)48-30/h8-17,20,32H,6-7,18-19H2,1-5H3/b30-17+/t32-/m1/s1. The van der Waals surface area contributed by atoms with Crippen molar-refractivity contribution in [3.05, 3.63) is 106 Å². The van der Waals surface area contributed by atoms with E-state index in [1.807, 2.05) is 81.4 Å². The van der Waals surface area contributed by atoms with Crippen molar-refractivity contribution >= 4 is 46.0 Å². The van der Waals surface area contributed by atoms with Crippen LogP contribution in [0.5, 0.6) is 28.7 Å². The van der Waals surface area contributed by atoms with Crippen LogP contribution in [0.3, 0.4) is 0 Å². The van der Waals surface area contributed by atoms with E-state index in [1.54, 1.807) is 18.4 Å². The number of carbonyl (C=O) groups excluding carboxylic acids is 1. The zero-order chi connectivity index (χ0) is 33.9. The lowest BCUT2D eigenvalue weighted by Gasteiger charge is -2.26. The van der Waals surface area contributed by atoms with Crippen LogP contribution in [-0.2, 0) is 16.1 Å². The van der Waals surface area contributed by atoms with Gasteiger partial charge in [0.1, 0.15) is 18.4 Å². The molecule has 3 heterocycles. The lowest BCUT2D eigenvalue weighted by molar-refractivity contribution is -0.139. The number of carbonyl (C=O) groups is 1. The molecule has 0 bridgehead atoms. The van der Waals surface area contributed by atoms with Crippen molar-refractivity contribution in [3.8, 4) is 28.7 Å². The number of thiazole rings is 1. The summed E-state index contributed by atoms with van der Waals surface area (Å²) in [5.41, 5.74) is 2.86. The molecule has 0 saturated carbocycles. The van der Waals surface area contributed by atoms with Crippen LogP contribution in [0.15, 0.2) is 75.7 Å². The first-order valence-electron chi connectivity index (χ1n) is 15.6. The molecule has 250 valence electrons. The van der Waals surface area contributed by atoms with Gasteiger partial charge in [0.05, 0.1) is 38.7 Å². The summed E-state index contributed by atoms with van der Waals surface area (Å²) in [7, 11) is 0. The number of hydrogen-bond donors (Lipinski definition) is 0. The van der Waals surface area contributed by atoms with Crippen molar-refractivity contribution in [3.63, 3.8) is 0 Å². The number of fused-ring (bicyclic) bond motifs is 2. The summed E-state index contributed by atoms with van der Waals surface area (Å²) < 4.78 is 37.6. The third-order valence-corrected chi connectivity index (χ3v) is 9.33. The first-order chi connectivity index (χ1) is 23.2. The summed E-state index contributed by atoms with van der Waals surface area (Å²) in [6.07, 6.45) is 1.69. The average Bonchev–Trinajstić information content (AvgIpc) is 3.63. The van der Waals surface area contributed by atoms with Crippen LogP contribution >= 0.6 is 33.9 Å². The van der Waals surface area contributed by atoms with Gasteiger partial charge in [-0.1, -0.05) is 35.6 Å². The van der Waals surface area contributed by atoms with E-state index in [-0.39, 0.29) is 25.1 Å². The number of ether oxygens (including phenoxy) is 6. The molecule has 0 aliphatic carbocycles. The fraction of sp³-hybridized carbons (Fsp3) is 0.306. The molecule has 6 rings (SSSR count). The average molecular weight is 783 g/mol. The molecule has 0 fully saturated rings. The van der Waals surface area contributed by atoms with Gasteiger partial charge in [-0.05, 0) is 105 Å². The fourth-order valence-corrected chi connectivity index (χ4v) is 7.39. The van der Waals surface area contributed by atoms with Gasteiger partial charge in [0.15, 0.2) is 27.8 Å². The molecule has 0 amide bonds. The minimum Gasteiger partial charge on any atom is -0.491 e. The Kier molecular flexibility index (Phi) is 10.1. The van der Waals surface area contributed by atoms with Crippen LogP contribution in [0.1, 0.15) is 57.4 Å².